The summed E-state index contributed by atoms with van der Waals surface area (Å²) in [5.74, 6) is -0.641. The first kappa shape index (κ1) is 32.6. The Hall–Kier alpha value is -2.30. The molecule has 0 radical (unpaired) electrons. The zero-order valence-electron chi connectivity index (χ0n) is 24.8. The smallest absolute Gasteiger partial charge is 0.251 e. The first-order valence-electron chi connectivity index (χ1n) is 15.0. The van der Waals surface area contributed by atoms with Crippen molar-refractivity contribution in [3.63, 3.8) is 0 Å². The maximum atomic E-state index is 14.7. The summed E-state index contributed by atoms with van der Waals surface area (Å²) in [6.07, 6.45) is 8.03. The Bertz CT molecular complexity index is 1150. The molecule has 3 aliphatic heterocycles. The van der Waals surface area contributed by atoms with Crippen LogP contribution in [0.1, 0.15) is 45.4 Å². The van der Waals surface area contributed by atoms with Gasteiger partial charge in [-0.05, 0) is 49.9 Å². The molecule has 3 saturated heterocycles. The van der Waals surface area contributed by atoms with Gasteiger partial charge < -0.3 is 24.5 Å². The fourth-order valence-electron chi connectivity index (χ4n) is 6.97. The summed E-state index contributed by atoms with van der Waals surface area (Å²) in [4.78, 5) is 48.6. The number of aliphatic hydroxyl groups excluding tert-OH is 1. The summed E-state index contributed by atoms with van der Waals surface area (Å²) in [5.41, 5.74) is 0.705. The van der Waals surface area contributed by atoms with Gasteiger partial charge in [-0.15, -0.1) is 24.9 Å². The third-order valence-corrected chi connectivity index (χ3v) is 12.0. The number of nitrogens with zero attached hydrogens (tertiary/aromatic N) is 3. The molecule has 10 heteroatoms. The van der Waals surface area contributed by atoms with E-state index in [1.165, 1.54) is 0 Å². The number of hydrogen-bond donors (Lipinski definition) is 1. The van der Waals surface area contributed by atoms with Crippen molar-refractivity contribution in [3.05, 3.63) is 49.6 Å². The molecule has 3 fully saturated rings. The topological polar surface area (TPSA) is 90.4 Å². The van der Waals surface area contributed by atoms with Gasteiger partial charge in [-0.25, -0.2) is 0 Å². The SMILES string of the molecule is C=CCN(CCC)C(=O)[C@H]1[C@@H]2SC3(CC2Br)C(C(=O)N(CC=C)c2ccc(OC)cc2)N(CCCCCCO)C(=O)[C@H]13. The van der Waals surface area contributed by atoms with E-state index in [4.69, 9.17) is 4.74 Å². The quantitative estimate of drug-likeness (QED) is 0.158. The van der Waals surface area contributed by atoms with Crippen LogP contribution in [0.2, 0.25) is 0 Å². The number of anilines is 1. The maximum absolute atomic E-state index is 14.7. The minimum atomic E-state index is -0.712. The number of unbranched alkanes of at least 4 members (excludes halogenated alkanes) is 3. The molecule has 3 amide bonds. The van der Waals surface area contributed by atoms with Gasteiger partial charge in [0.05, 0.1) is 23.7 Å². The molecule has 1 aromatic carbocycles. The average molecular weight is 663 g/mol. The van der Waals surface area contributed by atoms with E-state index in [1.807, 2.05) is 36.1 Å². The number of likely N-dealkylation sites (tertiary alicyclic amines) is 1. The lowest BCUT2D eigenvalue weighted by molar-refractivity contribution is -0.143. The molecular formula is C32H44BrN3O5S. The molecule has 0 aromatic heterocycles. The van der Waals surface area contributed by atoms with Crippen molar-refractivity contribution < 1.29 is 24.2 Å². The van der Waals surface area contributed by atoms with Crippen molar-refractivity contribution in [2.45, 2.75) is 66.3 Å². The van der Waals surface area contributed by atoms with Crippen molar-refractivity contribution in [1.82, 2.24) is 9.80 Å². The molecule has 1 aromatic rings. The molecule has 0 aliphatic carbocycles. The van der Waals surface area contributed by atoms with E-state index in [0.29, 0.717) is 50.5 Å². The van der Waals surface area contributed by atoms with E-state index in [2.05, 4.69) is 29.1 Å². The zero-order valence-corrected chi connectivity index (χ0v) is 27.2. The van der Waals surface area contributed by atoms with Crippen LogP contribution in [-0.2, 0) is 14.4 Å². The molecule has 3 unspecified atom stereocenters. The molecule has 42 heavy (non-hydrogen) atoms. The lowest BCUT2D eigenvalue weighted by Gasteiger charge is -2.38. The van der Waals surface area contributed by atoms with Gasteiger partial charge in [0.1, 0.15) is 11.8 Å². The molecule has 0 saturated carbocycles. The number of hydrogen-bond acceptors (Lipinski definition) is 6. The Morgan fingerprint density at radius 1 is 1.14 bits per heavy atom. The van der Waals surface area contributed by atoms with Crippen molar-refractivity contribution in [3.8, 4) is 5.75 Å². The van der Waals surface area contributed by atoms with Crippen LogP contribution in [0, 0.1) is 11.8 Å². The van der Waals surface area contributed by atoms with E-state index < -0.39 is 22.6 Å². The molecule has 230 valence electrons. The number of methoxy groups -OCH3 is 1. The van der Waals surface area contributed by atoms with Crippen LogP contribution in [0.4, 0.5) is 5.69 Å². The number of thioether (sulfide) groups is 1. The summed E-state index contributed by atoms with van der Waals surface area (Å²) >= 11 is 5.54. The second-order valence-electron chi connectivity index (χ2n) is 11.3. The number of benzene rings is 1. The van der Waals surface area contributed by atoms with Crippen LogP contribution in [0.3, 0.4) is 0 Å². The molecule has 2 bridgehead atoms. The number of halogens is 1. The molecule has 1 spiro atoms. The van der Waals surface area contributed by atoms with Gasteiger partial charge in [-0.2, -0.15) is 0 Å². The van der Waals surface area contributed by atoms with Crippen LogP contribution in [0.15, 0.2) is 49.6 Å². The number of alkyl halides is 1. The number of fused-ring (bicyclic) bond motifs is 1. The van der Waals surface area contributed by atoms with E-state index >= 15 is 0 Å². The molecule has 8 nitrogen and oxygen atoms in total. The predicted octanol–water partition coefficient (Wildman–Crippen LogP) is 4.66. The number of ether oxygens (including phenoxy) is 1. The highest BCUT2D eigenvalue weighted by atomic mass is 79.9. The fraction of sp³-hybridized carbons (Fsp3) is 0.594. The summed E-state index contributed by atoms with van der Waals surface area (Å²) in [7, 11) is 1.60. The van der Waals surface area contributed by atoms with Crippen LogP contribution in [-0.4, -0.2) is 93.4 Å². The fourth-order valence-corrected chi connectivity index (χ4v) is 10.6. The first-order valence-corrected chi connectivity index (χ1v) is 16.8. The normalized spacial score (nSPS) is 27.6. The van der Waals surface area contributed by atoms with Crippen molar-refractivity contribution in [2.75, 3.05) is 44.8 Å². The first-order chi connectivity index (χ1) is 20.3. The second-order valence-corrected chi connectivity index (χ2v) is 14.1. The second kappa shape index (κ2) is 14.4. The van der Waals surface area contributed by atoms with E-state index in [0.717, 1.165) is 25.7 Å². The van der Waals surface area contributed by atoms with Crippen LogP contribution in [0.25, 0.3) is 0 Å². The summed E-state index contributed by atoms with van der Waals surface area (Å²) in [6, 6.07) is 6.63. The van der Waals surface area contributed by atoms with Crippen LogP contribution in [0.5, 0.6) is 5.75 Å². The Balaban J connectivity index is 1.74. The summed E-state index contributed by atoms with van der Waals surface area (Å²) in [6.45, 7) is 11.7. The van der Waals surface area contributed by atoms with E-state index in [9.17, 15) is 19.5 Å². The van der Waals surface area contributed by atoms with Gasteiger partial charge >= 0.3 is 0 Å². The van der Waals surface area contributed by atoms with Crippen molar-refractivity contribution >= 4 is 51.1 Å². The lowest BCUT2D eigenvalue weighted by atomic mass is 9.70. The third kappa shape index (κ3) is 6.04. The van der Waals surface area contributed by atoms with Crippen LogP contribution >= 0.6 is 27.7 Å². The molecule has 1 N–H and O–H groups in total. The highest BCUT2D eigenvalue weighted by molar-refractivity contribution is 9.09. The summed E-state index contributed by atoms with van der Waals surface area (Å²) in [5, 5.41) is 9.12. The molecule has 4 rings (SSSR count). The van der Waals surface area contributed by atoms with Crippen LogP contribution < -0.4 is 9.64 Å². The average Bonchev–Trinajstić information content (AvgIpc) is 3.58. The largest absolute Gasteiger partial charge is 0.497 e. The van der Waals surface area contributed by atoms with Gasteiger partial charge in [-0.3, -0.25) is 14.4 Å². The van der Waals surface area contributed by atoms with Gasteiger partial charge in [0.25, 0.3) is 5.91 Å². The Kier molecular flexibility index (Phi) is 11.2. The van der Waals surface area contributed by atoms with Gasteiger partial charge in [0.15, 0.2) is 0 Å². The van der Waals surface area contributed by atoms with Gasteiger partial charge in [0.2, 0.25) is 11.8 Å². The minimum Gasteiger partial charge on any atom is -0.497 e. The molecule has 6 atom stereocenters. The number of aliphatic hydroxyl groups is 1. The monoisotopic (exact) mass is 661 g/mol. The standard InChI is InChI=1S/C32H44BrN3O5S/c1-5-16-34(17-6-2)29(38)25-26-30(39)36(19-10-8-9-11-20-37)28(32(26)21-24(33)27(25)42-32)31(40)35(18-7-3)22-12-14-23(41-4)15-13-22/h5,7,12-15,24-28,37H,1,3,6,8-11,16-21H2,2,4H3/t24?,25-,26+,27-,28?,32?/m1/s1. The number of rotatable bonds is 16. The van der Waals surface area contributed by atoms with E-state index in [-0.39, 0.29) is 34.4 Å². The predicted molar refractivity (Wildman–Crippen MR) is 172 cm³/mol. The van der Waals surface area contributed by atoms with Gasteiger partial charge in [0, 0.05) is 48.6 Å². The number of carbonyl (C=O) groups excluding carboxylic acids is 3. The molecule has 3 aliphatic rings. The lowest BCUT2D eigenvalue weighted by Crippen LogP contribution is -2.56. The third-order valence-electron chi connectivity index (χ3n) is 8.73. The summed E-state index contributed by atoms with van der Waals surface area (Å²) < 4.78 is 4.61. The highest BCUT2D eigenvalue weighted by Gasteiger charge is 2.76. The van der Waals surface area contributed by atoms with E-state index in [1.54, 1.807) is 40.8 Å². The Labute approximate surface area is 262 Å². The maximum Gasteiger partial charge on any atom is 0.251 e. The number of amides is 3. The van der Waals surface area contributed by atoms with Crippen molar-refractivity contribution in [1.29, 1.82) is 0 Å². The van der Waals surface area contributed by atoms with Crippen molar-refractivity contribution in [2.24, 2.45) is 11.8 Å². The molecular weight excluding hydrogens is 618 g/mol. The highest BCUT2D eigenvalue weighted by Crippen LogP contribution is 2.68. The Morgan fingerprint density at radius 3 is 2.45 bits per heavy atom. The number of carbonyl (C=O) groups is 3. The Morgan fingerprint density at radius 2 is 1.83 bits per heavy atom. The van der Waals surface area contributed by atoms with Gasteiger partial charge in [-0.1, -0.05) is 47.8 Å². The molecule has 3 heterocycles. The minimum absolute atomic E-state index is 0.0151. The zero-order chi connectivity index (χ0) is 30.4.